The topological polar surface area (TPSA) is 67.0 Å². The monoisotopic (exact) mass is 251 g/mol. The number of rotatable bonds is 1. The van der Waals surface area contributed by atoms with Crippen molar-refractivity contribution >= 4 is 11.6 Å². The number of aromatic nitrogens is 2. The van der Waals surface area contributed by atoms with Gasteiger partial charge in [0, 0.05) is 5.56 Å². The van der Waals surface area contributed by atoms with E-state index in [4.69, 9.17) is 4.74 Å². The van der Waals surface area contributed by atoms with Gasteiger partial charge in [0.05, 0.1) is 12.0 Å². The minimum absolute atomic E-state index is 0.0244. The van der Waals surface area contributed by atoms with E-state index in [0.717, 1.165) is 6.33 Å². The van der Waals surface area contributed by atoms with E-state index >= 15 is 0 Å². The molecule has 2 aromatic rings. The van der Waals surface area contributed by atoms with Crippen molar-refractivity contribution in [3.63, 3.8) is 0 Å². The maximum Gasteiger partial charge on any atom is 0.262 e. The van der Waals surface area contributed by atoms with Gasteiger partial charge in [0.1, 0.15) is 5.69 Å². The van der Waals surface area contributed by atoms with E-state index < -0.39 is 11.8 Å². The number of benzene rings is 1. The summed E-state index contributed by atoms with van der Waals surface area (Å²) >= 11 is 0. The van der Waals surface area contributed by atoms with Crippen molar-refractivity contribution < 1.29 is 18.3 Å². The molecule has 1 aliphatic heterocycles. The molecule has 18 heavy (non-hydrogen) atoms. The smallest absolute Gasteiger partial charge is 0.262 e. The molecule has 3 rings (SSSR count). The number of aromatic amines is 1. The molecule has 0 fully saturated rings. The molecule has 1 amide bonds. The Kier molecular flexibility index (Phi) is 2.26. The third-order valence-electron chi connectivity index (χ3n) is 2.57. The Morgan fingerprint density at radius 1 is 1.33 bits per heavy atom. The first-order valence-electron chi connectivity index (χ1n) is 5.11. The lowest BCUT2D eigenvalue weighted by atomic mass is 10.1. The van der Waals surface area contributed by atoms with E-state index in [2.05, 4.69) is 15.3 Å². The molecule has 92 valence electrons. The summed E-state index contributed by atoms with van der Waals surface area (Å²) in [4.78, 5) is 17.0. The van der Waals surface area contributed by atoms with Gasteiger partial charge in [-0.1, -0.05) is 0 Å². The highest BCUT2D eigenvalue weighted by atomic mass is 19.1. The molecule has 0 radical (unpaired) electrons. The third kappa shape index (κ3) is 1.52. The van der Waals surface area contributed by atoms with Crippen LogP contribution in [0.2, 0.25) is 0 Å². The van der Waals surface area contributed by atoms with Gasteiger partial charge in [-0.25, -0.2) is 9.37 Å². The number of imidazole rings is 1. The Morgan fingerprint density at radius 2 is 2.17 bits per heavy atom. The molecule has 2 heterocycles. The van der Waals surface area contributed by atoms with Crippen molar-refractivity contribution in [2.24, 2.45) is 0 Å². The highest BCUT2D eigenvalue weighted by Gasteiger charge is 2.24. The quantitative estimate of drug-likeness (QED) is 0.810. The second-order valence-electron chi connectivity index (χ2n) is 3.71. The Labute approximate surface area is 99.8 Å². The molecule has 1 aromatic heterocycles. The van der Waals surface area contributed by atoms with Crippen LogP contribution in [0.5, 0.6) is 5.75 Å². The second kappa shape index (κ2) is 3.80. The lowest BCUT2D eigenvalue weighted by Crippen LogP contribution is -2.26. The predicted molar refractivity (Wildman–Crippen MR) is 58.1 cm³/mol. The number of hydrogen-bond acceptors (Lipinski definition) is 3. The molecule has 0 spiro atoms. The summed E-state index contributed by atoms with van der Waals surface area (Å²) in [6.45, 7) is -0.267. The number of carbonyl (C=O) groups is 1. The van der Waals surface area contributed by atoms with Gasteiger partial charge in [0.2, 0.25) is 5.95 Å². The minimum Gasteiger partial charge on any atom is -0.478 e. The highest BCUT2D eigenvalue weighted by Crippen LogP contribution is 2.36. The van der Waals surface area contributed by atoms with E-state index in [1.165, 1.54) is 12.1 Å². The van der Waals surface area contributed by atoms with Crippen LogP contribution in [0.4, 0.5) is 14.5 Å². The van der Waals surface area contributed by atoms with E-state index in [1.807, 2.05) is 0 Å². The maximum absolute atomic E-state index is 14.1. The van der Waals surface area contributed by atoms with Crippen molar-refractivity contribution in [3.05, 3.63) is 30.2 Å². The standard InChI is InChI=1S/C11H7F2N3O2/c12-8-5(9-11(13)15-4-14-9)1-2-6-10(8)18-3-7(17)16-6/h1-2,4H,3H2,(H,14,15)(H,16,17). The van der Waals surface area contributed by atoms with Gasteiger partial charge in [-0.3, -0.25) is 4.79 Å². The number of H-pyrrole nitrogens is 1. The van der Waals surface area contributed by atoms with Gasteiger partial charge in [-0.15, -0.1) is 0 Å². The fourth-order valence-electron chi connectivity index (χ4n) is 1.77. The molecular formula is C11H7F2N3O2. The molecule has 7 heteroatoms. The fourth-order valence-corrected chi connectivity index (χ4v) is 1.77. The number of halogens is 2. The van der Waals surface area contributed by atoms with E-state index in [0.29, 0.717) is 0 Å². The predicted octanol–water partition coefficient (Wildman–Crippen LogP) is 1.69. The molecule has 2 N–H and O–H groups in total. The van der Waals surface area contributed by atoms with Crippen molar-refractivity contribution in [2.75, 3.05) is 11.9 Å². The van der Waals surface area contributed by atoms with Crippen LogP contribution in [-0.2, 0) is 4.79 Å². The van der Waals surface area contributed by atoms with Gasteiger partial charge < -0.3 is 15.0 Å². The lowest BCUT2D eigenvalue weighted by molar-refractivity contribution is -0.118. The van der Waals surface area contributed by atoms with E-state index in [9.17, 15) is 13.6 Å². The van der Waals surface area contributed by atoms with E-state index in [-0.39, 0.29) is 35.2 Å². The second-order valence-corrected chi connectivity index (χ2v) is 3.71. The number of anilines is 1. The SMILES string of the molecule is O=C1COc2c(ccc(-c3nc[nH]c3F)c2F)N1. The first-order chi connectivity index (χ1) is 8.66. The molecule has 0 aliphatic carbocycles. The van der Waals surface area contributed by atoms with Crippen LogP contribution >= 0.6 is 0 Å². The van der Waals surface area contributed by atoms with Gasteiger partial charge in [0.15, 0.2) is 18.2 Å². The Bertz CT molecular complexity index is 639. The maximum atomic E-state index is 14.1. The van der Waals surface area contributed by atoms with Gasteiger partial charge in [-0.2, -0.15) is 4.39 Å². The zero-order valence-electron chi connectivity index (χ0n) is 8.96. The van der Waals surface area contributed by atoms with Crippen molar-refractivity contribution in [1.29, 1.82) is 0 Å². The zero-order chi connectivity index (χ0) is 12.7. The molecule has 0 atom stereocenters. The van der Waals surface area contributed by atoms with Crippen molar-refractivity contribution in [3.8, 4) is 17.0 Å². The number of nitrogens with one attached hydrogen (secondary N) is 2. The summed E-state index contributed by atoms with van der Waals surface area (Å²) in [5, 5.41) is 2.46. The largest absolute Gasteiger partial charge is 0.478 e. The number of hydrogen-bond donors (Lipinski definition) is 2. The Balaban J connectivity index is 2.14. The first kappa shape index (κ1) is 10.7. The Morgan fingerprint density at radius 3 is 2.89 bits per heavy atom. The molecule has 1 aliphatic rings. The van der Waals surface area contributed by atoms with Crippen molar-refractivity contribution in [2.45, 2.75) is 0 Å². The molecular weight excluding hydrogens is 244 g/mol. The summed E-state index contributed by atoms with van der Waals surface area (Å²) in [6.07, 6.45) is 1.13. The summed E-state index contributed by atoms with van der Waals surface area (Å²) < 4.78 is 32.4. The number of amides is 1. The van der Waals surface area contributed by atoms with Gasteiger partial charge in [0.25, 0.3) is 5.91 Å². The Hall–Kier alpha value is -2.44. The van der Waals surface area contributed by atoms with Crippen LogP contribution in [0.25, 0.3) is 11.3 Å². The van der Waals surface area contributed by atoms with Crippen LogP contribution in [-0.4, -0.2) is 22.5 Å². The highest BCUT2D eigenvalue weighted by molar-refractivity contribution is 5.96. The van der Waals surface area contributed by atoms with Crippen LogP contribution in [0, 0.1) is 11.8 Å². The summed E-state index contributed by atoms with van der Waals surface area (Å²) in [5.41, 5.74) is 0.0721. The number of carbonyl (C=O) groups excluding carboxylic acids is 1. The average Bonchev–Trinajstić information content (AvgIpc) is 2.76. The van der Waals surface area contributed by atoms with Crippen molar-refractivity contribution in [1.82, 2.24) is 9.97 Å². The molecule has 0 unspecified atom stereocenters. The van der Waals surface area contributed by atoms with Crippen LogP contribution in [0.15, 0.2) is 18.5 Å². The lowest BCUT2D eigenvalue weighted by Gasteiger charge is -2.19. The van der Waals surface area contributed by atoms with Gasteiger partial charge in [-0.05, 0) is 12.1 Å². The van der Waals surface area contributed by atoms with E-state index in [1.54, 1.807) is 0 Å². The number of ether oxygens (including phenoxy) is 1. The molecule has 0 bridgehead atoms. The number of nitrogens with zero attached hydrogens (tertiary/aromatic N) is 1. The molecule has 0 saturated carbocycles. The van der Waals surface area contributed by atoms with Crippen LogP contribution in [0.1, 0.15) is 0 Å². The molecule has 0 saturated heterocycles. The molecule has 1 aromatic carbocycles. The summed E-state index contributed by atoms with van der Waals surface area (Å²) in [7, 11) is 0. The number of fused-ring (bicyclic) bond motifs is 1. The molecule has 5 nitrogen and oxygen atoms in total. The van der Waals surface area contributed by atoms with Gasteiger partial charge >= 0.3 is 0 Å². The van der Waals surface area contributed by atoms with Crippen LogP contribution in [0.3, 0.4) is 0 Å². The fraction of sp³-hybridized carbons (Fsp3) is 0.0909. The van der Waals surface area contributed by atoms with Crippen LogP contribution < -0.4 is 10.1 Å². The summed E-state index contributed by atoms with van der Waals surface area (Å²) in [5.74, 6) is -1.94. The minimum atomic E-state index is -0.751. The average molecular weight is 251 g/mol. The normalized spacial score (nSPS) is 13.8. The zero-order valence-corrected chi connectivity index (χ0v) is 8.96. The third-order valence-corrected chi connectivity index (χ3v) is 2.57. The first-order valence-corrected chi connectivity index (χ1v) is 5.11. The summed E-state index contributed by atoms with van der Waals surface area (Å²) in [6, 6.07) is 2.78.